The SMILES string of the molecule is CCOC(=O)[C@H]1[C@H]2C(=O)N(CCCO)C(C(=O)Nc3c(C)cccc3Cl)C23CC[C@]1(CC)O3. The number of nitrogens with one attached hydrogen (secondary N) is 1. The van der Waals surface area contributed by atoms with Crippen LogP contribution >= 0.6 is 11.6 Å². The number of carbonyl (C=O) groups excluding carboxylic acids is 3. The number of ether oxygens (including phenoxy) is 2. The fraction of sp³-hybridized carbons (Fsp3) is 0.625. The van der Waals surface area contributed by atoms with Gasteiger partial charge < -0.3 is 24.8 Å². The Balaban J connectivity index is 1.76. The number of halogens is 1. The molecule has 0 radical (unpaired) electrons. The Labute approximate surface area is 198 Å². The normalized spacial score (nSPS) is 32.2. The molecule has 2 N–H and O–H groups in total. The number of aliphatic hydroxyl groups is 1. The molecule has 1 aromatic carbocycles. The van der Waals surface area contributed by atoms with Crippen molar-refractivity contribution in [3.63, 3.8) is 0 Å². The van der Waals surface area contributed by atoms with E-state index < -0.39 is 41.0 Å². The number of aryl methyl sites for hydroxylation is 1. The number of aliphatic hydroxyl groups excluding tert-OH is 1. The average Bonchev–Trinajstić information content (AvgIpc) is 3.38. The fourth-order valence-electron chi connectivity index (χ4n) is 6.07. The lowest BCUT2D eigenvalue weighted by atomic mass is 9.65. The summed E-state index contributed by atoms with van der Waals surface area (Å²) in [7, 11) is 0. The lowest BCUT2D eigenvalue weighted by Gasteiger charge is -2.33. The molecule has 0 aromatic heterocycles. The number of carbonyl (C=O) groups is 3. The molecule has 2 unspecified atom stereocenters. The molecule has 0 saturated carbocycles. The van der Waals surface area contributed by atoms with E-state index in [1.54, 1.807) is 19.1 Å². The predicted octanol–water partition coefficient (Wildman–Crippen LogP) is 2.69. The zero-order valence-electron chi connectivity index (χ0n) is 19.2. The van der Waals surface area contributed by atoms with Crippen LogP contribution in [0.15, 0.2) is 18.2 Å². The highest BCUT2D eigenvalue weighted by Gasteiger charge is 2.78. The van der Waals surface area contributed by atoms with Crippen LogP contribution in [0.25, 0.3) is 0 Å². The highest BCUT2D eigenvalue weighted by molar-refractivity contribution is 6.34. The van der Waals surface area contributed by atoms with Crippen LogP contribution < -0.4 is 5.32 Å². The number of amides is 2. The van der Waals surface area contributed by atoms with Crippen molar-refractivity contribution < 1.29 is 29.0 Å². The second-order valence-corrected chi connectivity index (χ2v) is 9.52. The summed E-state index contributed by atoms with van der Waals surface area (Å²) in [5, 5.41) is 12.7. The molecule has 1 spiro atoms. The molecule has 3 fully saturated rings. The summed E-state index contributed by atoms with van der Waals surface area (Å²) < 4.78 is 11.9. The number of nitrogens with zero attached hydrogens (tertiary/aromatic N) is 1. The third-order valence-corrected chi connectivity index (χ3v) is 7.81. The van der Waals surface area contributed by atoms with Gasteiger partial charge in [0.05, 0.1) is 28.8 Å². The number of likely N-dealkylation sites (tertiary alicyclic amines) is 1. The zero-order valence-corrected chi connectivity index (χ0v) is 20.0. The highest BCUT2D eigenvalue weighted by atomic mass is 35.5. The molecule has 4 rings (SSSR count). The maximum absolute atomic E-state index is 13.7. The van der Waals surface area contributed by atoms with E-state index in [9.17, 15) is 19.5 Å². The number of para-hydroxylation sites is 1. The Morgan fingerprint density at radius 1 is 1.33 bits per heavy atom. The van der Waals surface area contributed by atoms with Crippen LogP contribution in [0.2, 0.25) is 5.02 Å². The van der Waals surface area contributed by atoms with Gasteiger partial charge in [-0.05, 0) is 51.2 Å². The number of esters is 1. The van der Waals surface area contributed by atoms with E-state index in [4.69, 9.17) is 21.1 Å². The molecule has 33 heavy (non-hydrogen) atoms. The minimum Gasteiger partial charge on any atom is -0.466 e. The highest BCUT2D eigenvalue weighted by Crippen LogP contribution is 2.64. The molecule has 5 atom stereocenters. The van der Waals surface area contributed by atoms with Crippen LogP contribution in [-0.4, -0.2) is 64.8 Å². The summed E-state index contributed by atoms with van der Waals surface area (Å²) in [6, 6.07) is 4.39. The number of anilines is 1. The monoisotopic (exact) mass is 478 g/mol. The molecule has 3 heterocycles. The summed E-state index contributed by atoms with van der Waals surface area (Å²) in [6.07, 6.45) is 1.91. The topological polar surface area (TPSA) is 105 Å². The van der Waals surface area contributed by atoms with Gasteiger partial charge in [0.15, 0.2) is 0 Å². The van der Waals surface area contributed by atoms with E-state index in [2.05, 4.69) is 5.32 Å². The van der Waals surface area contributed by atoms with Crippen LogP contribution in [0.5, 0.6) is 0 Å². The summed E-state index contributed by atoms with van der Waals surface area (Å²) in [5.41, 5.74) is -0.672. The number of hydrogen-bond donors (Lipinski definition) is 2. The van der Waals surface area contributed by atoms with Gasteiger partial charge in [0, 0.05) is 13.2 Å². The molecule has 2 amide bonds. The maximum Gasteiger partial charge on any atom is 0.312 e. The van der Waals surface area contributed by atoms with E-state index in [0.717, 1.165) is 5.56 Å². The molecule has 1 aromatic rings. The molecular formula is C24H31ClN2O6. The minimum atomic E-state index is -1.13. The lowest BCUT2D eigenvalue weighted by molar-refractivity contribution is -0.160. The van der Waals surface area contributed by atoms with Gasteiger partial charge in [0.2, 0.25) is 11.8 Å². The van der Waals surface area contributed by atoms with Gasteiger partial charge in [-0.15, -0.1) is 0 Å². The summed E-state index contributed by atoms with van der Waals surface area (Å²) in [5.74, 6) is -2.72. The predicted molar refractivity (Wildman–Crippen MR) is 122 cm³/mol. The first-order valence-electron chi connectivity index (χ1n) is 11.6. The number of fused-ring (bicyclic) bond motifs is 1. The van der Waals surface area contributed by atoms with Gasteiger partial charge in [0.1, 0.15) is 17.6 Å². The molecule has 3 aliphatic rings. The van der Waals surface area contributed by atoms with Crippen molar-refractivity contribution in [1.29, 1.82) is 0 Å². The molecule has 8 nitrogen and oxygen atoms in total. The molecule has 3 aliphatic heterocycles. The van der Waals surface area contributed by atoms with Crippen LogP contribution in [0.3, 0.4) is 0 Å². The summed E-state index contributed by atoms with van der Waals surface area (Å²) in [6.45, 7) is 5.76. The Morgan fingerprint density at radius 3 is 2.73 bits per heavy atom. The Bertz CT molecular complexity index is 950. The first kappa shape index (κ1) is 24.0. The van der Waals surface area contributed by atoms with Crippen molar-refractivity contribution in [2.24, 2.45) is 11.8 Å². The Morgan fingerprint density at radius 2 is 2.09 bits per heavy atom. The maximum atomic E-state index is 13.7. The van der Waals surface area contributed by atoms with Crippen molar-refractivity contribution >= 4 is 35.1 Å². The Hall–Kier alpha value is -2.16. The average molecular weight is 479 g/mol. The van der Waals surface area contributed by atoms with Gasteiger partial charge in [-0.2, -0.15) is 0 Å². The third kappa shape index (κ3) is 3.54. The fourth-order valence-corrected chi connectivity index (χ4v) is 6.34. The molecular weight excluding hydrogens is 448 g/mol. The second kappa shape index (κ2) is 8.89. The van der Waals surface area contributed by atoms with Gasteiger partial charge in [0.25, 0.3) is 0 Å². The van der Waals surface area contributed by atoms with Crippen molar-refractivity contribution in [1.82, 2.24) is 4.90 Å². The van der Waals surface area contributed by atoms with E-state index in [0.29, 0.717) is 36.4 Å². The molecule has 2 bridgehead atoms. The molecule has 3 saturated heterocycles. The van der Waals surface area contributed by atoms with E-state index in [-0.39, 0.29) is 25.7 Å². The second-order valence-electron chi connectivity index (χ2n) is 9.12. The molecule has 180 valence electrons. The van der Waals surface area contributed by atoms with Crippen LogP contribution in [0.1, 0.15) is 45.1 Å². The summed E-state index contributed by atoms with van der Waals surface area (Å²) >= 11 is 6.34. The number of benzene rings is 1. The van der Waals surface area contributed by atoms with E-state index >= 15 is 0 Å². The van der Waals surface area contributed by atoms with Crippen LogP contribution in [0.4, 0.5) is 5.69 Å². The number of hydrogen-bond acceptors (Lipinski definition) is 6. The van der Waals surface area contributed by atoms with Crippen molar-refractivity contribution in [2.45, 2.75) is 63.7 Å². The van der Waals surface area contributed by atoms with Crippen molar-refractivity contribution in [2.75, 3.05) is 25.1 Å². The first-order chi connectivity index (χ1) is 15.8. The van der Waals surface area contributed by atoms with Crippen LogP contribution in [-0.2, 0) is 23.9 Å². The van der Waals surface area contributed by atoms with Gasteiger partial charge in [-0.1, -0.05) is 30.7 Å². The van der Waals surface area contributed by atoms with Crippen molar-refractivity contribution in [3.05, 3.63) is 28.8 Å². The summed E-state index contributed by atoms with van der Waals surface area (Å²) in [4.78, 5) is 41.9. The zero-order chi connectivity index (χ0) is 24.0. The van der Waals surface area contributed by atoms with E-state index in [1.807, 2.05) is 19.9 Å². The third-order valence-electron chi connectivity index (χ3n) is 7.50. The van der Waals surface area contributed by atoms with E-state index in [1.165, 1.54) is 4.90 Å². The number of rotatable bonds is 8. The standard InChI is InChI=1S/C24H31ClN2O6/c1-4-23-10-11-24(33-23)16(17(23)22(31)32-5-2)21(30)27(12-7-13-28)19(24)20(29)26-18-14(3)8-6-9-15(18)25/h6,8-9,16-17,19,28H,4-5,7,10-13H2,1-3H3,(H,26,29)/t16-,17+,19?,23-,24?/m0/s1. The largest absolute Gasteiger partial charge is 0.466 e. The first-order valence-corrected chi connectivity index (χ1v) is 12.0. The molecule has 9 heteroatoms. The quantitative estimate of drug-likeness (QED) is 0.556. The van der Waals surface area contributed by atoms with Crippen LogP contribution in [0, 0.1) is 18.8 Å². The molecule has 0 aliphatic carbocycles. The van der Waals surface area contributed by atoms with Gasteiger partial charge in [-0.3, -0.25) is 14.4 Å². The van der Waals surface area contributed by atoms with Gasteiger partial charge in [-0.25, -0.2) is 0 Å². The lowest BCUT2D eigenvalue weighted by Crippen LogP contribution is -2.53. The smallest absolute Gasteiger partial charge is 0.312 e. The van der Waals surface area contributed by atoms with Gasteiger partial charge >= 0.3 is 5.97 Å². The van der Waals surface area contributed by atoms with Crippen molar-refractivity contribution in [3.8, 4) is 0 Å². The Kier molecular flexibility index (Phi) is 6.46. The minimum absolute atomic E-state index is 0.125.